The molecule has 0 amide bonds. The van der Waals surface area contributed by atoms with Crippen LogP contribution >= 0.6 is 0 Å². The summed E-state index contributed by atoms with van der Waals surface area (Å²) in [5.74, 6) is -0.443. The van der Waals surface area contributed by atoms with Gasteiger partial charge in [0.15, 0.2) is 0 Å². The Balaban J connectivity index is 3.30. The molecule has 0 bridgehead atoms. The lowest BCUT2D eigenvalue weighted by Crippen LogP contribution is -2.17. The van der Waals surface area contributed by atoms with E-state index in [1.807, 2.05) is 0 Å². The Bertz CT molecular complexity index is 130. The third-order valence-corrected chi connectivity index (χ3v) is 0.773. The zero-order valence-electron chi connectivity index (χ0n) is 6.70. The van der Waals surface area contributed by atoms with E-state index in [9.17, 15) is 9.59 Å². The van der Waals surface area contributed by atoms with E-state index in [1.54, 1.807) is 13.8 Å². The van der Waals surface area contributed by atoms with Crippen molar-refractivity contribution in [2.24, 2.45) is 0 Å². The SMILES string of the molecule is CC(C)OC(=O)COCC=O. The number of ether oxygens (including phenoxy) is 2. The van der Waals surface area contributed by atoms with Crippen LogP contribution in [0, 0.1) is 0 Å². The van der Waals surface area contributed by atoms with Gasteiger partial charge in [0.2, 0.25) is 0 Å². The summed E-state index contributed by atoms with van der Waals surface area (Å²) in [7, 11) is 0. The van der Waals surface area contributed by atoms with Gasteiger partial charge in [-0.2, -0.15) is 0 Å². The average Bonchev–Trinajstić information content (AvgIpc) is 1.86. The molecule has 0 saturated carbocycles. The highest BCUT2D eigenvalue weighted by molar-refractivity contribution is 5.71. The van der Waals surface area contributed by atoms with Gasteiger partial charge in [-0.15, -0.1) is 0 Å². The van der Waals surface area contributed by atoms with Crippen LogP contribution < -0.4 is 0 Å². The summed E-state index contributed by atoms with van der Waals surface area (Å²) in [5, 5.41) is 0. The normalized spacial score (nSPS) is 9.73. The maximum Gasteiger partial charge on any atom is 0.332 e. The first-order valence-corrected chi connectivity index (χ1v) is 3.37. The highest BCUT2D eigenvalue weighted by Crippen LogP contribution is 1.88. The van der Waals surface area contributed by atoms with E-state index in [0.29, 0.717) is 6.29 Å². The molecular weight excluding hydrogens is 148 g/mol. The number of hydrogen-bond donors (Lipinski definition) is 0. The largest absolute Gasteiger partial charge is 0.461 e. The first kappa shape index (κ1) is 10.1. The molecule has 0 radical (unpaired) electrons. The van der Waals surface area contributed by atoms with Crippen LogP contribution in [-0.2, 0) is 19.1 Å². The second-order valence-corrected chi connectivity index (χ2v) is 2.22. The number of rotatable bonds is 5. The predicted octanol–water partition coefficient (Wildman–Crippen LogP) is 0.153. The molecule has 0 fully saturated rings. The van der Waals surface area contributed by atoms with Crippen molar-refractivity contribution in [1.29, 1.82) is 0 Å². The van der Waals surface area contributed by atoms with E-state index in [1.165, 1.54) is 0 Å². The average molecular weight is 160 g/mol. The van der Waals surface area contributed by atoms with Crippen LogP contribution in [0.4, 0.5) is 0 Å². The maximum atomic E-state index is 10.7. The Hall–Kier alpha value is -0.900. The minimum atomic E-state index is -0.443. The zero-order chi connectivity index (χ0) is 8.69. The lowest BCUT2D eigenvalue weighted by Gasteiger charge is -2.06. The fourth-order valence-electron chi connectivity index (χ4n) is 0.487. The molecule has 0 atom stereocenters. The minimum Gasteiger partial charge on any atom is -0.461 e. The van der Waals surface area contributed by atoms with Gasteiger partial charge < -0.3 is 14.3 Å². The van der Waals surface area contributed by atoms with Crippen LogP contribution in [0.25, 0.3) is 0 Å². The summed E-state index contributed by atoms with van der Waals surface area (Å²) < 4.78 is 9.32. The molecular formula is C7H12O4. The van der Waals surface area contributed by atoms with Gasteiger partial charge in [0.05, 0.1) is 6.10 Å². The first-order valence-electron chi connectivity index (χ1n) is 3.37. The van der Waals surface area contributed by atoms with Crippen LogP contribution in [0.2, 0.25) is 0 Å². The first-order chi connectivity index (χ1) is 5.16. The van der Waals surface area contributed by atoms with Gasteiger partial charge in [-0.3, -0.25) is 0 Å². The molecule has 0 aromatic carbocycles. The highest BCUT2D eigenvalue weighted by atomic mass is 16.6. The number of esters is 1. The van der Waals surface area contributed by atoms with Crippen molar-refractivity contribution in [2.75, 3.05) is 13.2 Å². The van der Waals surface area contributed by atoms with Crippen LogP contribution in [0.15, 0.2) is 0 Å². The van der Waals surface area contributed by atoms with E-state index in [4.69, 9.17) is 4.74 Å². The third kappa shape index (κ3) is 6.99. The molecule has 0 aromatic heterocycles. The Kier molecular flexibility index (Phi) is 5.37. The van der Waals surface area contributed by atoms with E-state index in [2.05, 4.69) is 4.74 Å². The molecule has 0 heterocycles. The zero-order valence-corrected chi connectivity index (χ0v) is 6.70. The van der Waals surface area contributed by atoms with Crippen molar-refractivity contribution in [1.82, 2.24) is 0 Å². The monoisotopic (exact) mass is 160 g/mol. The molecule has 0 aromatic rings. The number of carbonyl (C=O) groups excluding carboxylic acids is 2. The molecule has 4 nitrogen and oxygen atoms in total. The Morgan fingerprint density at radius 3 is 2.64 bits per heavy atom. The third-order valence-electron chi connectivity index (χ3n) is 0.773. The Labute approximate surface area is 65.5 Å². The molecule has 0 unspecified atom stereocenters. The fraction of sp³-hybridized carbons (Fsp3) is 0.714. The van der Waals surface area contributed by atoms with Crippen LogP contribution in [0.1, 0.15) is 13.8 Å². The van der Waals surface area contributed by atoms with Crippen molar-refractivity contribution in [3.05, 3.63) is 0 Å². The van der Waals surface area contributed by atoms with Gasteiger partial charge in [0, 0.05) is 0 Å². The second kappa shape index (κ2) is 5.85. The van der Waals surface area contributed by atoms with Crippen molar-refractivity contribution in [3.8, 4) is 0 Å². The smallest absolute Gasteiger partial charge is 0.332 e. The molecule has 0 spiro atoms. The lowest BCUT2D eigenvalue weighted by molar-refractivity contribution is -0.152. The van der Waals surface area contributed by atoms with Crippen molar-refractivity contribution >= 4 is 12.3 Å². The molecule has 0 aliphatic carbocycles. The molecule has 0 N–H and O–H groups in total. The molecule has 0 aliphatic heterocycles. The molecule has 4 heteroatoms. The second-order valence-electron chi connectivity index (χ2n) is 2.22. The summed E-state index contributed by atoms with van der Waals surface area (Å²) in [5.41, 5.74) is 0. The summed E-state index contributed by atoms with van der Waals surface area (Å²) in [4.78, 5) is 20.4. The molecule has 0 aliphatic rings. The van der Waals surface area contributed by atoms with E-state index in [-0.39, 0.29) is 19.3 Å². The summed E-state index contributed by atoms with van der Waals surface area (Å²) in [6.07, 6.45) is 0.449. The molecule has 0 rings (SSSR count). The molecule has 11 heavy (non-hydrogen) atoms. The van der Waals surface area contributed by atoms with Gasteiger partial charge in [-0.1, -0.05) is 0 Å². The Morgan fingerprint density at radius 2 is 2.18 bits per heavy atom. The summed E-state index contributed by atoms with van der Waals surface area (Å²) in [6.45, 7) is 3.28. The minimum absolute atomic E-state index is 0.0623. The van der Waals surface area contributed by atoms with Crippen molar-refractivity contribution < 1.29 is 19.1 Å². The predicted molar refractivity (Wildman–Crippen MR) is 38.1 cm³/mol. The van der Waals surface area contributed by atoms with Crippen molar-refractivity contribution in [2.45, 2.75) is 20.0 Å². The maximum absolute atomic E-state index is 10.7. The molecule has 0 saturated heterocycles. The number of aldehydes is 1. The van der Waals surface area contributed by atoms with E-state index in [0.717, 1.165) is 0 Å². The van der Waals surface area contributed by atoms with Gasteiger partial charge in [0.1, 0.15) is 19.5 Å². The highest BCUT2D eigenvalue weighted by Gasteiger charge is 2.03. The summed E-state index contributed by atoms with van der Waals surface area (Å²) in [6, 6.07) is 0. The van der Waals surface area contributed by atoms with E-state index < -0.39 is 5.97 Å². The lowest BCUT2D eigenvalue weighted by atomic mass is 10.5. The molecule has 64 valence electrons. The van der Waals surface area contributed by atoms with Gasteiger partial charge >= 0.3 is 5.97 Å². The Morgan fingerprint density at radius 1 is 1.55 bits per heavy atom. The number of hydrogen-bond acceptors (Lipinski definition) is 4. The van der Waals surface area contributed by atoms with Crippen LogP contribution in [0.5, 0.6) is 0 Å². The topological polar surface area (TPSA) is 52.6 Å². The van der Waals surface area contributed by atoms with Gasteiger partial charge in [-0.25, -0.2) is 4.79 Å². The van der Waals surface area contributed by atoms with E-state index >= 15 is 0 Å². The van der Waals surface area contributed by atoms with Crippen LogP contribution in [-0.4, -0.2) is 31.6 Å². The fourth-order valence-corrected chi connectivity index (χ4v) is 0.487. The van der Waals surface area contributed by atoms with Crippen molar-refractivity contribution in [3.63, 3.8) is 0 Å². The quantitative estimate of drug-likeness (QED) is 0.326. The summed E-state index contributed by atoms with van der Waals surface area (Å²) >= 11 is 0. The number of carbonyl (C=O) groups is 2. The standard InChI is InChI=1S/C7H12O4/c1-6(2)11-7(9)5-10-4-3-8/h3,6H,4-5H2,1-2H3. The van der Waals surface area contributed by atoms with Gasteiger partial charge in [-0.05, 0) is 13.8 Å². The van der Waals surface area contributed by atoms with Gasteiger partial charge in [0.25, 0.3) is 0 Å². The van der Waals surface area contributed by atoms with Crippen LogP contribution in [0.3, 0.4) is 0 Å².